The summed E-state index contributed by atoms with van der Waals surface area (Å²) in [4.78, 5) is 8.66. The summed E-state index contributed by atoms with van der Waals surface area (Å²) in [5.74, 6) is 0. The first-order valence-corrected chi connectivity index (χ1v) is 11.2. The van der Waals surface area contributed by atoms with E-state index >= 15 is 0 Å². The third-order valence-corrected chi connectivity index (χ3v) is 6.05. The van der Waals surface area contributed by atoms with Crippen molar-refractivity contribution in [1.82, 2.24) is 9.97 Å². The standard InChI is InChI=1S/C23H17F3N2O2S/c1-14-21(28-19-10-6-9-18(22(19)27-14)23(24,25)26)16-11-12-17(15-7-4-3-5-8-15)20(13-16)31(2,29)30/h3-13H,1-2H3. The fraction of sp³-hybridized carbons (Fsp3) is 0.130. The molecule has 0 bridgehead atoms. The lowest BCUT2D eigenvalue weighted by molar-refractivity contribution is -0.136. The molecule has 31 heavy (non-hydrogen) atoms. The molecule has 0 spiro atoms. The summed E-state index contributed by atoms with van der Waals surface area (Å²) in [6.45, 7) is 1.56. The van der Waals surface area contributed by atoms with Crippen molar-refractivity contribution in [3.05, 3.63) is 78.0 Å². The highest BCUT2D eigenvalue weighted by atomic mass is 32.2. The SMILES string of the molecule is Cc1nc2c(C(F)(F)F)cccc2nc1-c1ccc(-c2ccccc2)c(S(C)(=O)=O)c1. The number of aromatic nitrogens is 2. The molecule has 1 heterocycles. The first kappa shape index (κ1) is 21.0. The van der Waals surface area contributed by atoms with E-state index in [4.69, 9.17) is 0 Å². The van der Waals surface area contributed by atoms with Crippen LogP contribution in [0.15, 0.2) is 71.6 Å². The molecule has 0 atom stereocenters. The van der Waals surface area contributed by atoms with E-state index in [0.717, 1.165) is 17.9 Å². The number of benzene rings is 3. The summed E-state index contributed by atoms with van der Waals surface area (Å²) < 4.78 is 65.0. The Balaban J connectivity index is 1.94. The smallest absolute Gasteiger partial charge is 0.249 e. The molecule has 0 aliphatic heterocycles. The van der Waals surface area contributed by atoms with Crippen molar-refractivity contribution in [2.45, 2.75) is 18.0 Å². The second-order valence-corrected chi connectivity index (χ2v) is 9.16. The van der Waals surface area contributed by atoms with Gasteiger partial charge in [-0.2, -0.15) is 13.2 Å². The van der Waals surface area contributed by atoms with Gasteiger partial charge in [-0.1, -0.05) is 48.5 Å². The molecule has 0 radical (unpaired) electrons. The summed E-state index contributed by atoms with van der Waals surface area (Å²) in [5, 5.41) is 0. The molecule has 0 saturated heterocycles. The molecule has 0 aliphatic carbocycles. The molecule has 0 N–H and O–H groups in total. The van der Waals surface area contributed by atoms with Crippen molar-refractivity contribution in [3.8, 4) is 22.4 Å². The third kappa shape index (κ3) is 4.03. The summed E-state index contributed by atoms with van der Waals surface area (Å²) in [7, 11) is -3.59. The summed E-state index contributed by atoms with van der Waals surface area (Å²) in [6, 6.07) is 17.6. The summed E-state index contributed by atoms with van der Waals surface area (Å²) >= 11 is 0. The maximum Gasteiger partial charge on any atom is 0.418 e. The van der Waals surface area contributed by atoms with Gasteiger partial charge in [0.05, 0.1) is 27.4 Å². The Labute approximate surface area is 177 Å². The van der Waals surface area contributed by atoms with Crippen LogP contribution >= 0.6 is 0 Å². The highest BCUT2D eigenvalue weighted by molar-refractivity contribution is 7.90. The first-order chi connectivity index (χ1) is 14.6. The van der Waals surface area contributed by atoms with Gasteiger partial charge >= 0.3 is 6.18 Å². The number of nitrogens with zero attached hydrogens (tertiary/aromatic N) is 2. The van der Waals surface area contributed by atoms with Crippen LogP contribution in [0.5, 0.6) is 0 Å². The largest absolute Gasteiger partial charge is 0.418 e. The van der Waals surface area contributed by atoms with Gasteiger partial charge in [0.2, 0.25) is 0 Å². The van der Waals surface area contributed by atoms with Crippen molar-refractivity contribution < 1.29 is 21.6 Å². The fourth-order valence-electron chi connectivity index (χ4n) is 3.50. The maximum absolute atomic E-state index is 13.3. The zero-order chi connectivity index (χ0) is 22.4. The van der Waals surface area contributed by atoms with Crippen LogP contribution in [0, 0.1) is 6.92 Å². The molecule has 4 aromatic rings. The van der Waals surface area contributed by atoms with E-state index in [1.54, 1.807) is 19.1 Å². The van der Waals surface area contributed by atoms with Crippen LogP contribution in [0.1, 0.15) is 11.3 Å². The van der Waals surface area contributed by atoms with Crippen LogP contribution in [0.25, 0.3) is 33.4 Å². The van der Waals surface area contributed by atoms with Gasteiger partial charge in [0.25, 0.3) is 0 Å². The van der Waals surface area contributed by atoms with Crippen LogP contribution in [0.4, 0.5) is 13.2 Å². The van der Waals surface area contributed by atoms with Gasteiger partial charge in [-0.05, 0) is 30.7 Å². The fourth-order valence-corrected chi connectivity index (χ4v) is 4.42. The lowest BCUT2D eigenvalue weighted by Gasteiger charge is -2.14. The zero-order valence-electron chi connectivity index (χ0n) is 16.6. The van der Waals surface area contributed by atoms with Gasteiger partial charge in [-0.15, -0.1) is 0 Å². The summed E-state index contributed by atoms with van der Waals surface area (Å²) in [6.07, 6.45) is -3.43. The number of aryl methyl sites for hydroxylation is 1. The van der Waals surface area contributed by atoms with Crippen molar-refractivity contribution in [2.75, 3.05) is 6.26 Å². The van der Waals surface area contributed by atoms with E-state index in [0.29, 0.717) is 16.8 Å². The minimum Gasteiger partial charge on any atom is -0.249 e. The van der Waals surface area contributed by atoms with Crippen LogP contribution in [-0.4, -0.2) is 24.6 Å². The molecule has 0 saturated carbocycles. The molecule has 3 aromatic carbocycles. The van der Waals surface area contributed by atoms with Crippen LogP contribution in [0.3, 0.4) is 0 Å². The van der Waals surface area contributed by atoms with E-state index in [2.05, 4.69) is 9.97 Å². The molecular weight excluding hydrogens is 425 g/mol. The Morgan fingerprint density at radius 3 is 2.19 bits per heavy atom. The van der Waals surface area contributed by atoms with E-state index < -0.39 is 21.6 Å². The Morgan fingerprint density at radius 1 is 0.839 bits per heavy atom. The zero-order valence-corrected chi connectivity index (χ0v) is 17.4. The van der Waals surface area contributed by atoms with Crippen molar-refractivity contribution in [3.63, 3.8) is 0 Å². The minimum absolute atomic E-state index is 0.0865. The normalized spacial score (nSPS) is 12.3. The number of hydrogen-bond acceptors (Lipinski definition) is 4. The number of fused-ring (bicyclic) bond motifs is 1. The monoisotopic (exact) mass is 442 g/mol. The van der Waals surface area contributed by atoms with Gasteiger partial charge < -0.3 is 0 Å². The van der Waals surface area contributed by atoms with Crippen molar-refractivity contribution in [1.29, 1.82) is 0 Å². The molecule has 4 nitrogen and oxygen atoms in total. The third-order valence-electron chi connectivity index (χ3n) is 4.91. The topological polar surface area (TPSA) is 59.9 Å². The Morgan fingerprint density at radius 2 is 1.55 bits per heavy atom. The predicted octanol–water partition coefficient (Wildman–Crippen LogP) is 5.69. The predicted molar refractivity (Wildman–Crippen MR) is 113 cm³/mol. The van der Waals surface area contributed by atoms with Crippen LogP contribution < -0.4 is 0 Å². The molecule has 1 aromatic heterocycles. The Kier molecular flexibility index (Phi) is 5.05. The van der Waals surface area contributed by atoms with Crippen molar-refractivity contribution >= 4 is 20.9 Å². The second kappa shape index (κ2) is 7.46. The maximum atomic E-state index is 13.3. The second-order valence-electron chi connectivity index (χ2n) is 7.18. The molecule has 0 aliphatic rings. The number of hydrogen-bond donors (Lipinski definition) is 0. The number of halogens is 3. The average molecular weight is 442 g/mol. The highest BCUT2D eigenvalue weighted by Crippen LogP contribution is 2.36. The Bertz CT molecular complexity index is 1400. The number of sulfone groups is 1. The molecule has 158 valence electrons. The minimum atomic E-state index is -4.55. The van der Waals surface area contributed by atoms with Crippen LogP contribution in [0.2, 0.25) is 0 Å². The highest BCUT2D eigenvalue weighted by Gasteiger charge is 2.33. The number of rotatable bonds is 3. The van der Waals surface area contributed by atoms with E-state index in [9.17, 15) is 21.6 Å². The molecule has 8 heteroatoms. The molecule has 0 amide bonds. The molecule has 4 rings (SSSR count). The molecule has 0 unspecified atom stereocenters. The van der Waals surface area contributed by atoms with Crippen LogP contribution in [-0.2, 0) is 16.0 Å². The molecular formula is C23H17F3N2O2S. The van der Waals surface area contributed by atoms with Gasteiger partial charge in [0.1, 0.15) is 5.52 Å². The van der Waals surface area contributed by atoms with E-state index in [1.807, 2.05) is 30.3 Å². The average Bonchev–Trinajstić information content (AvgIpc) is 2.72. The lowest BCUT2D eigenvalue weighted by Crippen LogP contribution is -2.08. The van der Waals surface area contributed by atoms with Gasteiger partial charge in [0, 0.05) is 17.4 Å². The number of alkyl halides is 3. The number of para-hydroxylation sites is 1. The summed E-state index contributed by atoms with van der Waals surface area (Å²) in [5.41, 5.74) is 1.34. The van der Waals surface area contributed by atoms with Gasteiger partial charge in [0.15, 0.2) is 9.84 Å². The first-order valence-electron chi connectivity index (χ1n) is 9.30. The van der Waals surface area contributed by atoms with Gasteiger partial charge in [-0.3, -0.25) is 0 Å². The van der Waals surface area contributed by atoms with E-state index in [1.165, 1.54) is 18.2 Å². The van der Waals surface area contributed by atoms with Gasteiger partial charge in [-0.25, -0.2) is 18.4 Å². The molecule has 0 fully saturated rings. The lowest BCUT2D eigenvalue weighted by atomic mass is 10.0. The van der Waals surface area contributed by atoms with E-state index in [-0.39, 0.29) is 21.6 Å². The quantitative estimate of drug-likeness (QED) is 0.409. The Hall–Kier alpha value is -3.26. The van der Waals surface area contributed by atoms with Crippen molar-refractivity contribution in [2.24, 2.45) is 0 Å².